The van der Waals surface area contributed by atoms with Crippen LogP contribution in [0.1, 0.15) is 30.1 Å². The summed E-state index contributed by atoms with van der Waals surface area (Å²) in [4.78, 5) is 22.9. The van der Waals surface area contributed by atoms with Crippen LogP contribution in [0.15, 0.2) is 39.5 Å². The van der Waals surface area contributed by atoms with Crippen molar-refractivity contribution in [3.05, 3.63) is 46.3 Å². The van der Waals surface area contributed by atoms with E-state index in [1.165, 1.54) is 6.07 Å². The van der Waals surface area contributed by atoms with Crippen LogP contribution in [0.2, 0.25) is 0 Å². The van der Waals surface area contributed by atoms with E-state index in [1.807, 2.05) is 13.0 Å². The molecular weight excluding hydrogens is 204 g/mol. The van der Waals surface area contributed by atoms with Gasteiger partial charge in [-0.2, -0.15) is 0 Å². The summed E-state index contributed by atoms with van der Waals surface area (Å²) in [5.41, 5.74) is 0.467. The molecule has 0 bridgehead atoms. The van der Waals surface area contributed by atoms with Crippen LogP contribution in [0.4, 0.5) is 0 Å². The Morgan fingerprint density at radius 2 is 2.06 bits per heavy atom. The topological polar surface area (TPSA) is 47.3 Å². The predicted octanol–water partition coefficient (Wildman–Crippen LogP) is 2.78. The Hall–Kier alpha value is -1.90. The fraction of sp³-hybridized carbons (Fsp3) is 0.231. The first-order chi connectivity index (χ1) is 7.72. The average molecular weight is 216 g/mol. The van der Waals surface area contributed by atoms with Crippen molar-refractivity contribution < 1.29 is 9.21 Å². The lowest BCUT2D eigenvalue weighted by Crippen LogP contribution is -2.02. The van der Waals surface area contributed by atoms with Crippen molar-refractivity contribution >= 4 is 16.8 Å². The zero-order valence-electron chi connectivity index (χ0n) is 9.03. The quantitative estimate of drug-likeness (QED) is 0.585. The minimum Gasteiger partial charge on any atom is -0.422 e. The van der Waals surface area contributed by atoms with Crippen molar-refractivity contribution in [1.29, 1.82) is 0 Å². The minimum absolute atomic E-state index is 0.0162. The van der Waals surface area contributed by atoms with Crippen molar-refractivity contribution in [2.45, 2.75) is 19.8 Å². The predicted molar refractivity (Wildman–Crippen MR) is 61.7 cm³/mol. The van der Waals surface area contributed by atoms with E-state index in [9.17, 15) is 9.59 Å². The number of Topliss-reactive ketones (excluding diaryl/α,β-unsaturated/α-hetero) is 1. The third-order valence-corrected chi connectivity index (χ3v) is 2.42. The van der Waals surface area contributed by atoms with Crippen LogP contribution >= 0.6 is 0 Å². The van der Waals surface area contributed by atoms with Crippen molar-refractivity contribution in [2.24, 2.45) is 0 Å². The molecule has 0 aliphatic rings. The maximum Gasteiger partial charge on any atom is 0.336 e. The van der Waals surface area contributed by atoms with Crippen molar-refractivity contribution in [3.8, 4) is 0 Å². The van der Waals surface area contributed by atoms with Crippen LogP contribution < -0.4 is 5.63 Å². The molecule has 1 heterocycles. The zero-order chi connectivity index (χ0) is 11.5. The number of rotatable bonds is 3. The summed E-state index contributed by atoms with van der Waals surface area (Å²) in [6, 6.07) is 8.34. The Bertz CT molecular complexity index is 581. The van der Waals surface area contributed by atoms with Gasteiger partial charge < -0.3 is 4.42 Å². The Kier molecular flexibility index (Phi) is 2.86. The molecule has 3 heteroatoms. The van der Waals surface area contributed by atoms with Gasteiger partial charge in [-0.3, -0.25) is 4.79 Å². The van der Waals surface area contributed by atoms with E-state index >= 15 is 0 Å². The van der Waals surface area contributed by atoms with E-state index < -0.39 is 5.63 Å². The Morgan fingerprint density at radius 1 is 1.25 bits per heavy atom. The van der Waals surface area contributed by atoms with Crippen LogP contribution in [0.5, 0.6) is 0 Å². The molecule has 0 amide bonds. The molecule has 2 aromatic rings. The molecule has 1 aromatic carbocycles. The molecule has 0 atom stereocenters. The summed E-state index contributed by atoms with van der Waals surface area (Å²) in [5.74, 6) is 0.0162. The molecule has 1 aromatic heterocycles. The number of hydrogen-bond donors (Lipinski definition) is 0. The number of carbonyl (C=O) groups is 1. The molecule has 0 fully saturated rings. The second kappa shape index (κ2) is 4.31. The summed E-state index contributed by atoms with van der Waals surface area (Å²) < 4.78 is 5.08. The lowest BCUT2D eigenvalue weighted by Gasteiger charge is -2.02. The van der Waals surface area contributed by atoms with E-state index in [-0.39, 0.29) is 5.78 Å². The number of ketones is 1. The summed E-state index contributed by atoms with van der Waals surface area (Å²) in [7, 11) is 0. The van der Waals surface area contributed by atoms with E-state index in [0.717, 1.165) is 11.8 Å². The van der Waals surface area contributed by atoms with Gasteiger partial charge in [-0.05, 0) is 18.6 Å². The van der Waals surface area contributed by atoms with E-state index in [2.05, 4.69) is 0 Å². The first-order valence-corrected chi connectivity index (χ1v) is 5.28. The molecular formula is C13H12O3. The Labute approximate surface area is 92.7 Å². The van der Waals surface area contributed by atoms with E-state index in [1.54, 1.807) is 18.2 Å². The van der Waals surface area contributed by atoms with Crippen LogP contribution in [0, 0.1) is 0 Å². The molecule has 0 unspecified atom stereocenters. The highest BCUT2D eigenvalue weighted by atomic mass is 16.4. The molecule has 0 spiro atoms. The van der Waals surface area contributed by atoms with Crippen LogP contribution in [0.3, 0.4) is 0 Å². The largest absolute Gasteiger partial charge is 0.422 e. The molecule has 82 valence electrons. The summed E-state index contributed by atoms with van der Waals surface area (Å²) in [6.07, 6.45) is 1.25. The fourth-order valence-corrected chi connectivity index (χ4v) is 1.67. The smallest absolute Gasteiger partial charge is 0.336 e. The van der Waals surface area contributed by atoms with Crippen LogP contribution in [-0.4, -0.2) is 5.78 Å². The third-order valence-electron chi connectivity index (χ3n) is 2.42. The number of hydrogen-bond acceptors (Lipinski definition) is 3. The highest BCUT2D eigenvalue weighted by Gasteiger charge is 2.10. The van der Waals surface area contributed by atoms with Gasteiger partial charge in [0.1, 0.15) is 5.58 Å². The van der Waals surface area contributed by atoms with Gasteiger partial charge in [-0.25, -0.2) is 4.79 Å². The zero-order valence-corrected chi connectivity index (χ0v) is 9.03. The Balaban J connectivity index is 2.65. The highest BCUT2D eigenvalue weighted by molar-refractivity contribution is 6.05. The monoisotopic (exact) mass is 216 g/mol. The normalized spacial score (nSPS) is 10.6. The molecule has 0 N–H and O–H groups in total. The minimum atomic E-state index is -0.427. The fourth-order valence-electron chi connectivity index (χ4n) is 1.67. The lowest BCUT2D eigenvalue weighted by molar-refractivity contribution is 0.0982. The molecule has 3 nitrogen and oxygen atoms in total. The van der Waals surface area contributed by atoms with Crippen LogP contribution in [0.25, 0.3) is 11.0 Å². The molecule has 0 saturated heterocycles. The molecule has 0 radical (unpaired) electrons. The lowest BCUT2D eigenvalue weighted by atomic mass is 10.0. The second-order valence-electron chi connectivity index (χ2n) is 3.65. The Morgan fingerprint density at radius 3 is 2.81 bits per heavy atom. The number of para-hydroxylation sites is 1. The maximum absolute atomic E-state index is 11.8. The van der Waals surface area contributed by atoms with Crippen molar-refractivity contribution in [3.63, 3.8) is 0 Å². The summed E-state index contributed by atoms with van der Waals surface area (Å²) in [5, 5.41) is 0.779. The SMILES string of the molecule is CCCC(=O)c1cccc2ccc(=O)oc12. The molecule has 16 heavy (non-hydrogen) atoms. The van der Waals surface area contributed by atoms with Crippen molar-refractivity contribution in [2.75, 3.05) is 0 Å². The van der Waals surface area contributed by atoms with E-state index in [0.29, 0.717) is 17.6 Å². The van der Waals surface area contributed by atoms with Gasteiger partial charge in [0.15, 0.2) is 5.78 Å². The number of fused-ring (bicyclic) bond motifs is 1. The molecule has 2 rings (SSSR count). The summed E-state index contributed by atoms with van der Waals surface area (Å²) >= 11 is 0. The van der Waals surface area contributed by atoms with Gasteiger partial charge >= 0.3 is 5.63 Å². The number of benzene rings is 1. The van der Waals surface area contributed by atoms with Gasteiger partial charge in [0.05, 0.1) is 5.56 Å². The van der Waals surface area contributed by atoms with Crippen LogP contribution in [-0.2, 0) is 0 Å². The summed E-state index contributed by atoms with van der Waals surface area (Å²) in [6.45, 7) is 1.94. The van der Waals surface area contributed by atoms with Crippen molar-refractivity contribution in [1.82, 2.24) is 0 Å². The van der Waals surface area contributed by atoms with E-state index in [4.69, 9.17) is 4.42 Å². The van der Waals surface area contributed by atoms with Gasteiger partial charge in [-0.1, -0.05) is 19.1 Å². The first kappa shape index (κ1) is 10.6. The second-order valence-corrected chi connectivity index (χ2v) is 3.65. The average Bonchev–Trinajstić information content (AvgIpc) is 2.28. The standard InChI is InChI=1S/C13H12O3/c1-2-4-11(14)10-6-3-5-9-7-8-12(15)16-13(9)10/h3,5-8H,2,4H2,1H3. The molecule has 0 aliphatic heterocycles. The van der Waals surface area contributed by atoms with Gasteiger partial charge in [0.25, 0.3) is 0 Å². The van der Waals surface area contributed by atoms with Gasteiger partial charge in [0, 0.05) is 17.9 Å². The molecule has 0 aliphatic carbocycles. The number of carbonyl (C=O) groups excluding carboxylic acids is 1. The first-order valence-electron chi connectivity index (χ1n) is 5.28. The molecule has 0 saturated carbocycles. The highest BCUT2D eigenvalue weighted by Crippen LogP contribution is 2.18. The van der Waals surface area contributed by atoms with Gasteiger partial charge in [-0.15, -0.1) is 0 Å². The maximum atomic E-state index is 11.8. The third kappa shape index (κ3) is 1.89. The van der Waals surface area contributed by atoms with Gasteiger partial charge in [0.2, 0.25) is 0 Å².